The molecule has 1 atom stereocenters. The summed E-state index contributed by atoms with van der Waals surface area (Å²) < 4.78 is 6.20. The monoisotopic (exact) mass is 354 g/mol. The molecule has 136 valence electrons. The summed E-state index contributed by atoms with van der Waals surface area (Å²) in [5.41, 5.74) is 6.12. The van der Waals surface area contributed by atoms with Crippen molar-refractivity contribution >= 4 is 22.2 Å². The van der Waals surface area contributed by atoms with Gasteiger partial charge in [-0.2, -0.15) is 0 Å². The van der Waals surface area contributed by atoms with Crippen LogP contribution in [0.3, 0.4) is 0 Å². The third-order valence-corrected chi connectivity index (χ3v) is 5.88. The number of rotatable bonds is 4. The molecule has 6 heteroatoms. The van der Waals surface area contributed by atoms with Gasteiger partial charge in [-0.25, -0.2) is 0 Å². The van der Waals surface area contributed by atoms with Crippen molar-refractivity contribution in [2.24, 2.45) is 11.1 Å². The second-order valence-electron chi connectivity index (χ2n) is 8.79. The molecule has 0 unspecified atom stereocenters. The minimum Gasteiger partial charge on any atom is -0.391 e. The Morgan fingerprint density at radius 3 is 2.46 bits per heavy atom. The predicted octanol–water partition coefficient (Wildman–Crippen LogP) is 3.25. The molecule has 24 heavy (non-hydrogen) atoms. The van der Waals surface area contributed by atoms with Gasteiger partial charge in [0.05, 0.1) is 22.9 Å². The Morgan fingerprint density at radius 2 is 1.96 bits per heavy atom. The van der Waals surface area contributed by atoms with E-state index in [0.29, 0.717) is 18.5 Å². The van der Waals surface area contributed by atoms with Crippen molar-refractivity contribution in [3.63, 3.8) is 0 Å². The first-order valence-corrected chi connectivity index (χ1v) is 9.14. The molecule has 0 saturated carbocycles. The number of anilines is 1. The van der Waals surface area contributed by atoms with Crippen LogP contribution in [-0.2, 0) is 16.8 Å². The molecule has 1 amide bonds. The molecule has 0 bridgehead atoms. The van der Waals surface area contributed by atoms with Crippen LogP contribution in [0.15, 0.2) is 0 Å². The Kier molecular flexibility index (Phi) is 4.81. The van der Waals surface area contributed by atoms with Crippen LogP contribution < -0.4 is 11.1 Å². The number of aliphatic hydroxyl groups is 1. The van der Waals surface area contributed by atoms with Crippen LogP contribution >= 0.6 is 11.3 Å². The highest BCUT2D eigenvalue weighted by Gasteiger charge is 2.42. The van der Waals surface area contributed by atoms with Crippen molar-refractivity contribution < 1.29 is 14.6 Å². The van der Waals surface area contributed by atoms with Crippen molar-refractivity contribution in [2.45, 2.75) is 72.2 Å². The van der Waals surface area contributed by atoms with Gasteiger partial charge in [0.15, 0.2) is 0 Å². The lowest BCUT2D eigenvalue weighted by atomic mass is 9.86. The summed E-state index contributed by atoms with van der Waals surface area (Å²) in [4.78, 5) is 13.1. The van der Waals surface area contributed by atoms with Gasteiger partial charge >= 0.3 is 0 Å². The number of aliphatic hydroxyl groups excluding tert-OH is 1. The second kappa shape index (κ2) is 6.00. The van der Waals surface area contributed by atoms with E-state index in [0.717, 1.165) is 15.4 Å². The number of nitrogens with one attached hydrogen (secondary N) is 1. The number of hydrogen-bond donors (Lipinski definition) is 3. The zero-order chi connectivity index (χ0) is 18.5. The van der Waals surface area contributed by atoms with E-state index in [1.165, 1.54) is 11.3 Å². The molecular formula is C18H30N2O3S. The summed E-state index contributed by atoms with van der Waals surface area (Å²) in [5, 5.41) is 14.2. The Hall–Kier alpha value is -1.11. The van der Waals surface area contributed by atoms with Crippen LogP contribution in [0.5, 0.6) is 0 Å². The fourth-order valence-corrected chi connectivity index (χ4v) is 4.47. The number of thiophene rings is 1. The fraction of sp³-hybridized carbons (Fsp3) is 0.722. The molecule has 0 saturated heterocycles. The van der Waals surface area contributed by atoms with Crippen LogP contribution in [0.1, 0.15) is 69.3 Å². The lowest BCUT2D eigenvalue weighted by Gasteiger charge is -2.41. The highest BCUT2D eigenvalue weighted by molar-refractivity contribution is 7.17. The maximum atomic E-state index is 12.1. The molecular weight excluding hydrogens is 324 g/mol. The average molecular weight is 355 g/mol. The molecule has 0 aliphatic carbocycles. The topological polar surface area (TPSA) is 84.6 Å². The predicted molar refractivity (Wildman–Crippen MR) is 98.7 cm³/mol. The summed E-state index contributed by atoms with van der Waals surface area (Å²) in [5.74, 6) is -0.436. The van der Waals surface area contributed by atoms with Gasteiger partial charge in [-0.1, -0.05) is 20.8 Å². The number of primary amides is 1. The second-order valence-corrected chi connectivity index (χ2v) is 9.81. The van der Waals surface area contributed by atoms with Gasteiger partial charge < -0.3 is 20.9 Å². The SMILES string of the molecule is CC1(C)Cc2c(sc(NC[C@H](O)C(C)(C)C)c2C(N)=O)C(C)(C)O1. The lowest BCUT2D eigenvalue weighted by Crippen LogP contribution is -2.42. The Bertz CT molecular complexity index is 641. The number of carbonyl (C=O) groups excluding carboxylic acids is 1. The molecule has 0 radical (unpaired) electrons. The highest BCUT2D eigenvalue weighted by Crippen LogP contribution is 2.48. The molecule has 4 N–H and O–H groups in total. The highest BCUT2D eigenvalue weighted by atomic mass is 32.1. The first kappa shape index (κ1) is 19.2. The van der Waals surface area contributed by atoms with Gasteiger partial charge in [0, 0.05) is 17.8 Å². The van der Waals surface area contributed by atoms with E-state index in [1.54, 1.807) is 0 Å². The Morgan fingerprint density at radius 1 is 1.38 bits per heavy atom. The van der Waals surface area contributed by atoms with E-state index in [1.807, 2.05) is 48.5 Å². The van der Waals surface area contributed by atoms with Crippen molar-refractivity contribution in [3.05, 3.63) is 16.0 Å². The lowest BCUT2D eigenvalue weighted by molar-refractivity contribution is -0.135. The van der Waals surface area contributed by atoms with Crippen LogP contribution in [0.2, 0.25) is 0 Å². The molecule has 1 aromatic rings. The van der Waals surface area contributed by atoms with E-state index in [-0.39, 0.29) is 11.0 Å². The largest absolute Gasteiger partial charge is 0.391 e. The maximum Gasteiger partial charge on any atom is 0.251 e. The summed E-state index contributed by atoms with van der Waals surface area (Å²) >= 11 is 1.50. The van der Waals surface area contributed by atoms with E-state index in [2.05, 4.69) is 5.32 Å². The van der Waals surface area contributed by atoms with E-state index in [4.69, 9.17) is 10.5 Å². The summed E-state index contributed by atoms with van der Waals surface area (Å²) in [6, 6.07) is 0. The van der Waals surface area contributed by atoms with Crippen molar-refractivity contribution in [2.75, 3.05) is 11.9 Å². The van der Waals surface area contributed by atoms with Gasteiger partial charge in [-0.3, -0.25) is 4.79 Å². The van der Waals surface area contributed by atoms with E-state index in [9.17, 15) is 9.90 Å². The first-order chi connectivity index (χ1) is 10.7. The molecule has 0 spiro atoms. The third kappa shape index (κ3) is 3.76. The van der Waals surface area contributed by atoms with Gasteiger partial charge in [-0.05, 0) is 38.7 Å². The van der Waals surface area contributed by atoms with Crippen molar-refractivity contribution in [1.29, 1.82) is 0 Å². The number of fused-ring (bicyclic) bond motifs is 1. The number of ether oxygens (including phenoxy) is 1. The Labute approximate surface area is 148 Å². The smallest absolute Gasteiger partial charge is 0.251 e. The summed E-state index contributed by atoms with van der Waals surface area (Å²) in [7, 11) is 0. The Balaban J connectivity index is 2.41. The first-order valence-electron chi connectivity index (χ1n) is 8.33. The van der Waals surface area contributed by atoms with Crippen LogP contribution in [0.4, 0.5) is 5.00 Å². The molecule has 0 fully saturated rings. The van der Waals surface area contributed by atoms with Gasteiger partial charge in [0.25, 0.3) is 5.91 Å². The minimum absolute atomic E-state index is 0.235. The number of amides is 1. The van der Waals surface area contributed by atoms with Gasteiger partial charge in [0.2, 0.25) is 0 Å². The number of hydrogen-bond acceptors (Lipinski definition) is 5. The van der Waals surface area contributed by atoms with Crippen molar-refractivity contribution in [1.82, 2.24) is 0 Å². The number of nitrogens with two attached hydrogens (primary N) is 1. The van der Waals surface area contributed by atoms with Crippen molar-refractivity contribution in [3.8, 4) is 0 Å². The summed E-state index contributed by atoms with van der Waals surface area (Å²) in [6.07, 6.45) is 0.113. The van der Waals surface area contributed by atoms with E-state index < -0.39 is 17.6 Å². The van der Waals surface area contributed by atoms with Gasteiger partial charge in [0.1, 0.15) is 5.00 Å². The standard InChI is InChI=1S/C18H30N2O3S/c1-16(2,3)11(21)9-20-15-12(14(19)22)10-8-17(4,5)23-18(6,7)13(10)24-15/h11,20-21H,8-9H2,1-7H3,(H2,19,22)/t11-/m0/s1. The zero-order valence-electron chi connectivity index (χ0n) is 15.7. The van der Waals surface area contributed by atoms with Gasteiger partial charge in [-0.15, -0.1) is 11.3 Å². The molecule has 2 heterocycles. The normalized spacial score (nSPS) is 20.3. The molecule has 1 aliphatic rings. The fourth-order valence-electron chi connectivity index (χ4n) is 3.20. The summed E-state index contributed by atoms with van der Waals surface area (Å²) in [6.45, 7) is 14.4. The quantitative estimate of drug-likeness (QED) is 0.775. The number of carbonyl (C=O) groups is 1. The molecule has 1 aromatic heterocycles. The van der Waals surface area contributed by atoms with Crippen LogP contribution in [-0.4, -0.2) is 29.3 Å². The molecule has 2 rings (SSSR count). The zero-order valence-corrected chi connectivity index (χ0v) is 16.6. The molecule has 5 nitrogen and oxygen atoms in total. The molecule has 0 aromatic carbocycles. The van der Waals surface area contributed by atoms with E-state index >= 15 is 0 Å². The van der Waals surface area contributed by atoms with Crippen LogP contribution in [0, 0.1) is 5.41 Å². The van der Waals surface area contributed by atoms with Crippen LogP contribution in [0.25, 0.3) is 0 Å². The molecule has 1 aliphatic heterocycles. The third-order valence-electron chi connectivity index (χ3n) is 4.39. The maximum absolute atomic E-state index is 12.1. The minimum atomic E-state index is -0.530. The average Bonchev–Trinajstić information content (AvgIpc) is 2.71.